The first-order valence-electron chi connectivity index (χ1n) is 13.3. The van der Waals surface area contributed by atoms with Crippen molar-refractivity contribution in [1.82, 2.24) is 19.9 Å². The molecule has 0 spiro atoms. The molecule has 0 aliphatic carbocycles. The van der Waals surface area contributed by atoms with Crippen LogP contribution in [0.25, 0.3) is 11.0 Å². The number of aromatic nitrogens is 3. The predicted octanol–water partition coefficient (Wildman–Crippen LogP) is 6.91. The highest BCUT2D eigenvalue weighted by Gasteiger charge is 2.39. The van der Waals surface area contributed by atoms with E-state index in [1.54, 1.807) is 33.8 Å². The van der Waals surface area contributed by atoms with Gasteiger partial charge in [-0.1, -0.05) is 12.1 Å². The molecular formula is C28H32F6N6O2. The summed E-state index contributed by atoms with van der Waals surface area (Å²) in [6.45, 7) is 10.1. The van der Waals surface area contributed by atoms with Gasteiger partial charge in [0.1, 0.15) is 17.2 Å². The Morgan fingerprint density at radius 3 is 2.17 bits per heavy atom. The zero-order valence-electron chi connectivity index (χ0n) is 24.0. The molecule has 1 saturated heterocycles. The number of fused-ring (bicyclic) bond motifs is 1. The summed E-state index contributed by atoms with van der Waals surface area (Å²) in [7, 11) is 0. The number of nitrogens with zero attached hydrogens (tertiary/aromatic N) is 5. The fourth-order valence-corrected chi connectivity index (χ4v) is 4.88. The van der Waals surface area contributed by atoms with Crippen molar-refractivity contribution >= 4 is 28.6 Å². The summed E-state index contributed by atoms with van der Waals surface area (Å²) in [4.78, 5) is 27.7. The van der Waals surface area contributed by atoms with Crippen molar-refractivity contribution in [3.8, 4) is 0 Å². The minimum absolute atomic E-state index is 0.0288. The number of ether oxygens (including phenoxy) is 1. The lowest BCUT2D eigenvalue weighted by Crippen LogP contribution is -2.50. The highest BCUT2D eigenvalue weighted by molar-refractivity contribution is 5.90. The first-order chi connectivity index (χ1) is 19.3. The molecule has 1 aromatic carbocycles. The van der Waals surface area contributed by atoms with Gasteiger partial charge in [-0.05, 0) is 64.8 Å². The minimum Gasteiger partial charge on any atom is -0.444 e. The maximum Gasteiger partial charge on any atom is 0.435 e. The highest BCUT2D eigenvalue weighted by atomic mass is 19.4. The van der Waals surface area contributed by atoms with Crippen molar-refractivity contribution in [2.75, 3.05) is 36.4 Å². The summed E-state index contributed by atoms with van der Waals surface area (Å²) in [5.74, 6) is 0.272. The molecule has 42 heavy (non-hydrogen) atoms. The standard InChI is InChI=1S/C28H32F6N6O2/c1-15-18(8-7-9-20(15)27(29,30)31)16(2)35-23-19-14-21(22(28(32,33)34)38-24(19)37-17(3)36-23)39-10-12-40(13-11-39)25(41)42-26(4,5)6/h7-9,14,16H,10-13H2,1-6H3,(H,35,36,37,38)/t16-/m1/s1. The molecule has 0 unspecified atom stereocenters. The number of aryl methyl sites for hydroxylation is 1. The molecule has 3 heterocycles. The van der Waals surface area contributed by atoms with Gasteiger partial charge in [-0.2, -0.15) is 26.3 Å². The number of anilines is 2. The van der Waals surface area contributed by atoms with Gasteiger partial charge in [-0.3, -0.25) is 0 Å². The molecule has 1 aliphatic heterocycles. The number of halogens is 6. The quantitative estimate of drug-likeness (QED) is 0.327. The van der Waals surface area contributed by atoms with Crippen LogP contribution < -0.4 is 10.2 Å². The number of amides is 1. The van der Waals surface area contributed by atoms with E-state index in [-0.39, 0.29) is 60.1 Å². The van der Waals surface area contributed by atoms with Crippen molar-refractivity contribution in [3.05, 3.63) is 52.5 Å². The number of pyridine rings is 1. The van der Waals surface area contributed by atoms with Crippen LogP contribution in [0.1, 0.15) is 61.9 Å². The van der Waals surface area contributed by atoms with E-state index in [0.717, 1.165) is 6.07 Å². The summed E-state index contributed by atoms with van der Waals surface area (Å²) in [6.07, 6.45) is -9.90. The summed E-state index contributed by atoms with van der Waals surface area (Å²) in [5, 5.41) is 3.24. The normalized spacial score (nSPS) is 15.6. The molecule has 1 fully saturated rings. The second-order valence-corrected chi connectivity index (χ2v) is 11.2. The van der Waals surface area contributed by atoms with Crippen molar-refractivity contribution in [2.45, 2.75) is 65.5 Å². The number of benzene rings is 1. The van der Waals surface area contributed by atoms with Gasteiger partial charge in [0.15, 0.2) is 11.3 Å². The van der Waals surface area contributed by atoms with Crippen LogP contribution in [0.5, 0.6) is 0 Å². The van der Waals surface area contributed by atoms with Crippen LogP contribution in [0.2, 0.25) is 0 Å². The van der Waals surface area contributed by atoms with Crippen LogP contribution in [-0.4, -0.2) is 57.7 Å². The van der Waals surface area contributed by atoms with Gasteiger partial charge in [-0.25, -0.2) is 19.7 Å². The lowest BCUT2D eigenvalue weighted by Gasteiger charge is -2.37. The largest absolute Gasteiger partial charge is 0.444 e. The first kappa shape index (κ1) is 31.1. The van der Waals surface area contributed by atoms with Crippen LogP contribution in [0.4, 0.5) is 42.6 Å². The first-order valence-corrected chi connectivity index (χ1v) is 13.3. The van der Waals surface area contributed by atoms with Crippen LogP contribution in [-0.2, 0) is 17.1 Å². The molecule has 1 amide bonds. The lowest BCUT2D eigenvalue weighted by atomic mass is 9.97. The van der Waals surface area contributed by atoms with Crippen molar-refractivity contribution in [1.29, 1.82) is 0 Å². The van der Waals surface area contributed by atoms with E-state index in [9.17, 15) is 31.1 Å². The molecule has 14 heteroatoms. The maximum atomic E-state index is 14.2. The topological polar surface area (TPSA) is 83.5 Å². The zero-order chi connectivity index (χ0) is 31.2. The van der Waals surface area contributed by atoms with Crippen LogP contribution in [0.3, 0.4) is 0 Å². The number of carbonyl (C=O) groups excluding carboxylic acids is 1. The summed E-state index contributed by atoms with van der Waals surface area (Å²) in [5.41, 5.74) is -2.66. The Hall–Kier alpha value is -3.84. The fraction of sp³-hybridized carbons (Fsp3) is 0.500. The summed E-state index contributed by atoms with van der Waals surface area (Å²) in [6, 6.07) is 4.45. The Labute approximate surface area is 239 Å². The van der Waals surface area contributed by atoms with Gasteiger partial charge >= 0.3 is 18.4 Å². The molecule has 3 aromatic rings. The molecule has 2 aromatic heterocycles. The Kier molecular flexibility index (Phi) is 8.22. The molecule has 4 rings (SSSR count). The van der Waals surface area contributed by atoms with Crippen molar-refractivity contribution < 1.29 is 35.9 Å². The number of piperazine rings is 1. The third-order valence-corrected chi connectivity index (χ3v) is 6.82. The molecule has 228 valence electrons. The van der Waals surface area contributed by atoms with Crippen LogP contribution in [0, 0.1) is 13.8 Å². The number of nitrogens with one attached hydrogen (secondary N) is 1. The van der Waals surface area contributed by atoms with E-state index in [0.29, 0.717) is 5.56 Å². The number of alkyl halides is 6. The van der Waals surface area contributed by atoms with Crippen molar-refractivity contribution in [3.63, 3.8) is 0 Å². The number of rotatable bonds is 4. The Morgan fingerprint density at radius 2 is 1.60 bits per heavy atom. The third kappa shape index (κ3) is 6.79. The van der Waals surface area contributed by atoms with Gasteiger partial charge in [0.05, 0.1) is 22.7 Å². The second kappa shape index (κ2) is 11.1. The molecule has 8 nitrogen and oxygen atoms in total. The summed E-state index contributed by atoms with van der Waals surface area (Å²) >= 11 is 0. The Bertz CT molecular complexity index is 1480. The fourth-order valence-electron chi connectivity index (χ4n) is 4.88. The SMILES string of the molecule is Cc1nc(N[C@H](C)c2cccc(C(F)(F)F)c2C)c2cc(N3CCN(C(=O)OC(C)(C)C)CC3)c(C(F)(F)F)nc2n1. The smallest absolute Gasteiger partial charge is 0.435 e. The second-order valence-electron chi connectivity index (χ2n) is 11.2. The molecule has 0 saturated carbocycles. The lowest BCUT2D eigenvalue weighted by molar-refractivity contribution is -0.140. The minimum atomic E-state index is -4.80. The van der Waals surface area contributed by atoms with Gasteiger partial charge in [0.25, 0.3) is 0 Å². The number of hydrogen-bond donors (Lipinski definition) is 1. The number of carbonyl (C=O) groups is 1. The van der Waals surface area contributed by atoms with Crippen LogP contribution >= 0.6 is 0 Å². The molecule has 1 N–H and O–H groups in total. The molecule has 1 atom stereocenters. The molecule has 0 bridgehead atoms. The predicted molar refractivity (Wildman–Crippen MR) is 145 cm³/mol. The average Bonchev–Trinajstić information content (AvgIpc) is 2.86. The average molecular weight is 599 g/mol. The highest BCUT2D eigenvalue weighted by Crippen LogP contribution is 2.39. The zero-order valence-corrected chi connectivity index (χ0v) is 24.0. The Balaban J connectivity index is 1.71. The van der Waals surface area contributed by atoms with Gasteiger partial charge in [0.2, 0.25) is 0 Å². The van der Waals surface area contributed by atoms with E-state index in [4.69, 9.17) is 4.74 Å². The Morgan fingerprint density at radius 1 is 0.952 bits per heavy atom. The maximum absolute atomic E-state index is 14.2. The van der Waals surface area contributed by atoms with E-state index < -0.39 is 41.3 Å². The van der Waals surface area contributed by atoms with E-state index in [1.165, 1.54) is 35.8 Å². The summed E-state index contributed by atoms with van der Waals surface area (Å²) < 4.78 is 88.5. The van der Waals surface area contributed by atoms with E-state index in [2.05, 4.69) is 20.3 Å². The van der Waals surface area contributed by atoms with Gasteiger partial charge in [0, 0.05) is 26.2 Å². The molecular weight excluding hydrogens is 566 g/mol. The third-order valence-electron chi connectivity index (χ3n) is 6.82. The molecule has 1 aliphatic rings. The van der Waals surface area contributed by atoms with Gasteiger partial charge < -0.3 is 19.9 Å². The van der Waals surface area contributed by atoms with E-state index in [1.807, 2.05) is 0 Å². The van der Waals surface area contributed by atoms with E-state index >= 15 is 0 Å². The van der Waals surface area contributed by atoms with Gasteiger partial charge in [-0.15, -0.1) is 0 Å². The van der Waals surface area contributed by atoms with Crippen LogP contribution in [0.15, 0.2) is 24.3 Å². The van der Waals surface area contributed by atoms with Crippen molar-refractivity contribution in [2.24, 2.45) is 0 Å². The molecule has 0 radical (unpaired) electrons. The monoisotopic (exact) mass is 598 g/mol. The number of hydrogen-bond acceptors (Lipinski definition) is 7.